The second kappa shape index (κ2) is 6.95. The molecule has 136 valence electrons. The molecule has 1 amide bonds. The number of hydrogen-bond donors (Lipinski definition) is 2. The molecule has 0 aliphatic heterocycles. The number of carbonyl (C=O) groups is 2. The highest BCUT2D eigenvalue weighted by Gasteiger charge is 2.33. The van der Waals surface area contributed by atoms with Crippen LogP contribution < -0.4 is 5.32 Å². The molecule has 0 bridgehead atoms. The SMILES string of the molecule is CC(Cn1ccc(C(F)(F)F)n1)NC(=O)C(C)n1cc(C(=O)O)cn1. The molecule has 2 unspecified atom stereocenters. The van der Waals surface area contributed by atoms with Gasteiger partial charge in [-0.15, -0.1) is 0 Å². The van der Waals surface area contributed by atoms with Crippen molar-refractivity contribution in [3.8, 4) is 0 Å². The zero-order valence-electron chi connectivity index (χ0n) is 13.4. The molecule has 0 saturated heterocycles. The van der Waals surface area contributed by atoms with Gasteiger partial charge in [0.15, 0.2) is 5.69 Å². The van der Waals surface area contributed by atoms with Gasteiger partial charge in [0.25, 0.3) is 0 Å². The van der Waals surface area contributed by atoms with Gasteiger partial charge in [0, 0.05) is 18.4 Å². The highest BCUT2D eigenvalue weighted by Crippen LogP contribution is 2.27. The van der Waals surface area contributed by atoms with Gasteiger partial charge in [0.1, 0.15) is 6.04 Å². The van der Waals surface area contributed by atoms with Crippen LogP contribution in [0.5, 0.6) is 0 Å². The highest BCUT2D eigenvalue weighted by molar-refractivity contribution is 5.87. The molecule has 0 saturated carbocycles. The number of carboxylic acids is 1. The van der Waals surface area contributed by atoms with Crippen molar-refractivity contribution in [3.05, 3.63) is 35.9 Å². The molecule has 2 aromatic heterocycles. The lowest BCUT2D eigenvalue weighted by molar-refractivity contribution is -0.141. The van der Waals surface area contributed by atoms with Crippen LogP contribution in [0.4, 0.5) is 13.2 Å². The molecular formula is C14H16F3N5O3. The summed E-state index contributed by atoms with van der Waals surface area (Å²) in [7, 11) is 0. The second-order valence-electron chi connectivity index (χ2n) is 5.52. The fourth-order valence-corrected chi connectivity index (χ4v) is 2.08. The second-order valence-corrected chi connectivity index (χ2v) is 5.52. The van der Waals surface area contributed by atoms with Crippen molar-refractivity contribution < 1.29 is 27.9 Å². The van der Waals surface area contributed by atoms with Crippen LogP contribution in [0.25, 0.3) is 0 Å². The Hall–Kier alpha value is -2.85. The number of nitrogens with zero attached hydrogens (tertiary/aromatic N) is 4. The zero-order chi connectivity index (χ0) is 18.8. The Morgan fingerprint density at radius 1 is 1.36 bits per heavy atom. The van der Waals surface area contributed by atoms with Crippen LogP contribution in [0.15, 0.2) is 24.7 Å². The zero-order valence-corrected chi connectivity index (χ0v) is 13.4. The standard InChI is InChI=1S/C14H16F3N5O3/c1-8(6-21-4-3-11(20-21)14(15,16)17)19-12(23)9(2)22-7-10(5-18-22)13(24)25/h3-5,7-9H,6H2,1-2H3,(H,19,23)(H,24,25). The van der Waals surface area contributed by atoms with E-state index in [2.05, 4.69) is 15.5 Å². The number of alkyl halides is 3. The summed E-state index contributed by atoms with van der Waals surface area (Å²) in [5.74, 6) is -1.61. The number of aromatic nitrogens is 4. The Balaban J connectivity index is 1.94. The molecule has 0 aromatic carbocycles. The van der Waals surface area contributed by atoms with Crippen molar-refractivity contribution in [2.45, 2.75) is 38.7 Å². The third-order valence-electron chi connectivity index (χ3n) is 3.41. The number of carboxylic acid groups (broad SMARTS) is 1. The minimum absolute atomic E-state index is 0.0496. The van der Waals surface area contributed by atoms with Crippen LogP contribution in [-0.2, 0) is 17.5 Å². The lowest BCUT2D eigenvalue weighted by Crippen LogP contribution is -2.39. The fourth-order valence-electron chi connectivity index (χ4n) is 2.08. The third kappa shape index (κ3) is 4.58. The highest BCUT2D eigenvalue weighted by atomic mass is 19.4. The van der Waals surface area contributed by atoms with Crippen molar-refractivity contribution in [2.24, 2.45) is 0 Å². The number of hydrogen-bond acceptors (Lipinski definition) is 4. The predicted molar refractivity (Wildman–Crippen MR) is 78.7 cm³/mol. The molecule has 0 radical (unpaired) electrons. The topological polar surface area (TPSA) is 102 Å². The van der Waals surface area contributed by atoms with E-state index >= 15 is 0 Å². The molecule has 2 atom stereocenters. The van der Waals surface area contributed by atoms with Gasteiger partial charge in [0.2, 0.25) is 5.91 Å². The van der Waals surface area contributed by atoms with Gasteiger partial charge in [-0.05, 0) is 19.9 Å². The number of aromatic carboxylic acids is 1. The number of carbonyl (C=O) groups excluding carboxylic acids is 1. The minimum Gasteiger partial charge on any atom is -0.478 e. The summed E-state index contributed by atoms with van der Waals surface area (Å²) in [5.41, 5.74) is -1.05. The van der Waals surface area contributed by atoms with Crippen LogP contribution in [0.2, 0.25) is 0 Å². The monoisotopic (exact) mass is 359 g/mol. The maximum atomic E-state index is 12.5. The normalized spacial score (nSPS) is 14.1. The van der Waals surface area contributed by atoms with Crippen molar-refractivity contribution in [3.63, 3.8) is 0 Å². The average molecular weight is 359 g/mol. The van der Waals surface area contributed by atoms with E-state index in [1.165, 1.54) is 24.0 Å². The average Bonchev–Trinajstić information content (AvgIpc) is 3.14. The van der Waals surface area contributed by atoms with Crippen LogP contribution in [0.3, 0.4) is 0 Å². The molecule has 0 aliphatic rings. The summed E-state index contributed by atoms with van der Waals surface area (Å²) in [6, 6.07) is -0.418. The van der Waals surface area contributed by atoms with E-state index in [9.17, 15) is 22.8 Å². The molecule has 11 heteroatoms. The maximum absolute atomic E-state index is 12.5. The van der Waals surface area contributed by atoms with Gasteiger partial charge in [0.05, 0.1) is 18.3 Å². The van der Waals surface area contributed by atoms with Crippen LogP contribution in [0.1, 0.15) is 35.9 Å². The third-order valence-corrected chi connectivity index (χ3v) is 3.41. The van der Waals surface area contributed by atoms with E-state index in [1.807, 2.05) is 0 Å². The summed E-state index contributed by atoms with van der Waals surface area (Å²) in [6.45, 7) is 3.19. The quantitative estimate of drug-likeness (QED) is 0.815. The van der Waals surface area contributed by atoms with Crippen molar-refractivity contribution in [1.29, 1.82) is 0 Å². The summed E-state index contributed by atoms with van der Waals surface area (Å²) >= 11 is 0. The molecule has 0 spiro atoms. The summed E-state index contributed by atoms with van der Waals surface area (Å²) in [5, 5.41) is 18.7. The fraction of sp³-hybridized carbons (Fsp3) is 0.429. The number of rotatable bonds is 6. The van der Waals surface area contributed by atoms with E-state index in [1.54, 1.807) is 6.92 Å². The molecule has 2 rings (SSSR count). The number of amides is 1. The number of nitrogens with one attached hydrogen (secondary N) is 1. The first-order valence-electron chi connectivity index (χ1n) is 7.26. The molecule has 2 aromatic rings. The Morgan fingerprint density at radius 3 is 2.56 bits per heavy atom. The van der Waals surface area contributed by atoms with E-state index in [0.717, 1.165) is 16.9 Å². The Labute approximate surface area is 140 Å². The van der Waals surface area contributed by atoms with Crippen molar-refractivity contribution >= 4 is 11.9 Å². The van der Waals surface area contributed by atoms with Crippen LogP contribution in [0, 0.1) is 0 Å². The largest absolute Gasteiger partial charge is 0.478 e. The molecule has 0 fully saturated rings. The Kier molecular flexibility index (Phi) is 5.14. The first-order chi connectivity index (χ1) is 11.6. The number of halogens is 3. The molecule has 25 heavy (non-hydrogen) atoms. The summed E-state index contributed by atoms with van der Waals surface area (Å²) in [6.07, 6.45) is -0.992. The van der Waals surface area contributed by atoms with Crippen molar-refractivity contribution in [1.82, 2.24) is 24.9 Å². The smallest absolute Gasteiger partial charge is 0.435 e. The lowest BCUT2D eigenvalue weighted by Gasteiger charge is -2.18. The van der Waals surface area contributed by atoms with E-state index in [0.29, 0.717) is 0 Å². The van der Waals surface area contributed by atoms with Crippen LogP contribution >= 0.6 is 0 Å². The van der Waals surface area contributed by atoms with E-state index in [4.69, 9.17) is 5.11 Å². The summed E-state index contributed by atoms with van der Waals surface area (Å²) in [4.78, 5) is 23.0. The van der Waals surface area contributed by atoms with Gasteiger partial charge in [-0.1, -0.05) is 0 Å². The molecule has 2 heterocycles. The lowest BCUT2D eigenvalue weighted by atomic mass is 10.2. The molecule has 2 N–H and O–H groups in total. The molecule has 8 nitrogen and oxygen atoms in total. The van der Waals surface area contributed by atoms with E-state index < -0.39 is 35.8 Å². The van der Waals surface area contributed by atoms with Gasteiger partial charge in [-0.2, -0.15) is 23.4 Å². The summed E-state index contributed by atoms with van der Waals surface area (Å²) < 4.78 is 39.8. The Morgan fingerprint density at radius 2 is 2.04 bits per heavy atom. The molecular weight excluding hydrogens is 343 g/mol. The van der Waals surface area contributed by atoms with Gasteiger partial charge in [-0.25, -0.2) is 4.79 Å². The first-order valence-corrected chi connectivity index (χ1v) is 7.26. The Bertz CT molecular complexity index is 768. The van der Waals surface area contributed by atoms with Crippen molar-refractivity contribution in [2.75, 3.05) is 0 Å². The predicted octanol–water partition coefficient (Wildman–Crippen LogP) is 1.56. The minimum atomic E-state index is -4.52. The van der Waals surface area contributed by atoms with Gasteiger partial charge >= 0.3 is 12.1 Å². The van der Waals surface area contributed by atoms with Gasteiger partial charge < -0.3 is 10.4 Å². The maximum Gasteiger partial charge on any atom is 0.435 e. The van der Waals surface area contributed by atoms with E-state index in [-0.39, 0.29) is 12.1 Å². The van der Waals surface area contributed by atoms with Crippen LogP contribution in [-0.4, -0.2) is 42.6 Å². The van der Waals surface area contributed by atoms with Gasteiger partial charge in [-0.3, -0.25) is 14.2 Å². The molecule has 0 aliphatic carbocycles. The first kappa shape index (κ1) is 18.5.